The lowest BCUT2D eigenvalue weighted by Crippen LogP contribution is -2.15. The first kappa shape index (κ1) is 14.9. The lowest BCUT2D eigenvalue weighted by molar-refractivity contribution is 0.172. The normalized spacial score (nSPS) is 13.5. The van der Waals surface area contributed by atoms with E-state index in [1.54, 1.807) is 16.6 Å². The molecule has 1 aliphatic rings. The predicted octanol–water partition coefficient (Wildman–Crippen LogP) is 3.14. The molecule has 4 aromatic rings. The topological polar surface area (TPSA) is 76.5 Å². The Balaban J connectivity index is 1.57. The van der Waals surface area contributed by atoms with Crippen LogP contribution in [-0.4, -0.2) is 32.8 Å². The maximum absolute atomic E-state index is 13.8. The number of hydrogen-bond donors (Lipinski definition) is 2. The highest BCUT2D eigenvalue weighted by molar-refractivity contribution is 5.83. The van der Waals surface area contributed by atoms with Crippen LogP contribution in [0.1, 0.15) is 0 Å². The van der Waals surface area contributed by atoms with Gasteiger partial charge in [-0.3, -0.25) is 5.10 Å². The van der Waals surface area contributed by atoms with Crippen LogP contribution in [0.25, 0.3) is 16.8 Å². The molecule has 7 nitrogen and oxygen atoms in total. The van der Waals surface area contributed by atoms with E-state index in [1.807, 2.05) is 0 Å². The number of fused-ring (bicyclic) bond motifs is 4. The van der Waals surface area contributed by atoms with E-state index < -0.39 is 17.5 Å². The Morgan fingerprint density at radius 2 is 1.77 bits per heavy atom. The Morgan fingerprint density at radius 1 is 1.00 bits per heavy atom. The number of aromatic nitrogens is 4. The molecule has 0 aliphatic carbocycles. The van der Waals surface area contributed by atoms with Gasteiger partial charge < -0.3 is 14.8 Å². The quantitative estimate of drug-likeness (QED) is 0.537. The number of aromatic amines is 1. The molecule has 0 atom stereocenters. The zero-order valence-corrected chi connectivity index (χ0v) is 13.0. The summed E-state index contributed by atoms with van der Waals surface area (Å²) >= 11 is 0. The Bertz CT molecular complexity index is 1170. The number of ether oxygens (including phenoxy) is 2. The number of nitrogens with one attached hydrogen (secondary N) is 2. The molecule has 0 saturated heterocycles. The summed E-state index contributed by atoms with van der Waals surface area (Å²) in [6, 6.07) is 5.41. The number of imidazole rings is 1. The molecular formula is C16H10F3N5O2. The highest BCUT2D eigenvalue weighted by Gasteiger charge is 2.19. The summed E-state index contributed by atoms with van der Waals surface area (Å²) in [6.45, 7) is 0.919. The van der Waals surface area contributed by atoms with E-state index in [0.717, 1.165) is 12.1 Å². The molecule has 2 N–H and O–H groups in total. The van der Waals surface area contributed by atoms with E-state index in [-0.39, 0.29) is 11.6 Å². The monoisotopic (exact) mass is 361 g/mol. The van der Waals surface area contributed by atoms with E-state index in [4.69, 9.17) is 9.47 Å². The Labute approximate surface area is 143 Å². The molecular weight excluding hydrogens is 351 g/mol. The summed E-state index contributed by atoms with van der Waals surface area (Å²) in [6.07, 6.45) is 0. The predicted molar refractivity (Wildman–Crippen MR) is 85.4 cm³/mol. The van der Waals surface area contributed by atoms with Crippen LogP contribution in [0.3, 0.4) is 0 Å². The Morgan fingerprint density at radius 3 is 2.58 bits per heavy atom. The summed E-state index contributed by atoms with van der Waals surface area (Å²) in [5.74, 6) is -2.53. The average Bonchev–Trinajstić information content (AvgIpc) is 3.17. The molecule has 0 saturated carbocycles. The van der Waals surface area contributed by atoms with E-state index in [1.165, 1.54) is 0 Å². The maximum atomic E-state index is 13.8. The Hall–Kier alpha value is -3.43. The van der Waals surface area contributed by atoms with Crippen LogP contribution in [0.2, 0.25) is 0 Å². The molecule has 26 heavy (non-hydrogen) atoms. The molecule has 0 unspecified atom stereocenters. The van der Waals surface area contributed by atoms with Crippen LogP contribution in [-0.2, 0) is 0 Å². The van der Waals surface area contributed by atoms with Crippen LogP contribution >= 0.6 is 0 Å². The van der Waals surface area contributed by atoms with Crippen molar-refractivity contribution in [3.63, 3.8) is 0 Å². The third-order valence-electron chi connectivity index (χ3n) is 4.02. The maximum Gasteiger partial charge on any atom is 0.253 e. The van der Waals surface area contributed by atoms with Gasteiger partial charge >= 0.3 is 0 Å². The minimum absolute atomic E-state index is 0.120. The van der Waals surface area contributed by atoms with Gasteiger partial charge in [0.05, 0.1) is 16.7 Å². The number of benzene rings is 2. The van der Waals surface area contributed by atoms with Crippen molar-refractivity contribution in [2.24, 2.45) is 0 Å². The summed E-state index contributed by atoms with van der Waals surface area (Å²) in [7, 11) is 0. The SMILES string of the molecule is Fc1ccc(Nc2nc3nc4cc5c(cc4n3[nH]2)OCCO5)c(F)c1F. The molecule has 1 aliphatic heterocycles. The van der Waals surface area contributed by atoms with E-state index in [9.17, 15) is 13.2 Å². The smallest absolute Gasteiger partial charge is 0.253 e. The fraction of sp³-hybridized carbons (Fsp3) is 0.125. The first-order chi connectivity index (χ1) is 12.6. The van der Waals surface area contributed by atoms with Crippen LogP contribution in [0.15, 0.2) is 24.3 Å². The van der Waals surface area contributed by atoms with Crippen molar-refractivity contribution >= 4 is 28.4 Å². The second-order valence-corrected chi connectivity index (χ2v) is 5.65. The first-order valence-electron chi connectivity index (χ1n) is 7.68. The van der Waals surface area contributed by atoms with Gasteiger partial charge in [-0.05, 0) is 12.1 Å². The molecule has 0 bridgehead atoms. The fourth-order valence-corrected chi connectivity index (χ4v) is 2.82. The summed E-state index contributed by atoms with van der Waals surface area (Å²) in [5.41, 5.74) is 1.06. The number of H-pyrrole nitrogens is 1. The van der Waals surface area contributed by atoms with Crippen molar-refractivity contribution in [1.29, 1.82) is 0 Å². The van der Waals surface area contributed by atoms with Gasteiger partial charge in [0.2, 0.25) is 5.95 Å². The molecule has 3 heterocycles. The van der Waals surface area contributed by atoms with Gasteiger partial charge in [0.1, 0.15) is 13.2 Å². The van der Waals surface area contributed by atoms with Gasteiger partial charge in [-0.2, -0.15) is 4.98 Å². The van der Waals surface area contributed by atoms with Crippen LogP contribution in [0.5, 0.6) is 11.5 Å². The van der Waals surface area contributed by atoms with Crippen molar-refractivity contribution in [1.82, 2.24) is 19.6 Å². The van der Waals surface area contributed by atoms with Crippen molar-refractivity contribution in [2.75, 3.05) is 18.5 Å². The molecule has 5 rings (SSSR count). The van der Waals surface area contributed by atoms with E-state index in [2.05, 4.69) is 20.4 Å². The van der Waals surface area contributed by atoms with Crippen molar-refractivity contribution in [3.8, 4) is 11.5 Å². The molecule has 132 valence electrons. The van der Waals surface area contributed by atoms with Gasteiger partial charge in [0.15, 0.2) is 29.0 Å². The first-order valence-corrected chi connectivity index (χ1v) is 7.68. The highest BCUT2D eigenvalue weighted by atomic mass is 19.2. The van der Waals surface area contributed by atoms with Gasteiger partial charge in [0.25, 0.3) is 5.78 Å². The lowest BCUT2D eigenvalue weighted by Gasteiger charge is -2.17. The number of anilines is 2. The number of nitrogens with zero attached hydrogens (tertiary/aromatic N) is 3. The van der Waals surface area contributed by atoms with Gasteiger partial charge in [-0.1, -0.05) is 0 Å². The van der Waals surface area contributed by atoms with Crippen LogP contribution in [0, 0.1) is 17.5 Å². The number of rotatable bonds is 2. The zero-order valence-electron chi connectivity index (χ0n) is 13.0. The van der Waals surface area contributed by atoms with E-state index in [0.29, 0.717) is 41.5 Å². The standard InChI is InChI=1S/C16H10F3N5O2/c17-7-1-2-8(14(19)13(7)18)20-15-22-16-21-9-5-11-12(26-4-3-25-11)6-10(9)24(16)23-15/h1-2,5-6H,3-4H2,(H2,20,21,22,23). The van der Waals surface area contributed by atoms with Gasteiger partial charge in [-0.25, -0.2) is 22.7 Å². The second kappa shape index (κ2) is 5.28. The summed E-state index contributed by atoms with van der Waals surface area (Å²) in [4.78, 5) is 8.54. The molecule has 0 amide bonds. The summed E-state index contributed by atoms with van der Waals surface area (Å²) in [5, 5.41) is 5.47. The van der Waals surface area contributed by atoms with Crippen molar-refractivity contribution in [2.45, 2.75) is 0 Å². The zero-order chi connectivity index (χ0) is 17.8. The number of hydrogen-bond acceptors (Lipinski definition) is 5. The fourth-order valence-electron chi connectivity index (χ4n) is 2.82. The summed E-state index contributed by atoms with van der Waals surface area (Å²) < 4.78 is 52.8. The van der Waals surface area contributed by atoms with Crippen LogP contribution in [0.4, 0.5) is 24.8 Å². The molecule has 0 spiro atoms. The van der Waals surface area contributed by atoms with Crippen molar-refractivity contribution in [3.05, 3.63) is 41.7 Å². The van der Waals surface area contributed by atoms with Crippen molar-refractivity contribution < 1.29 is 22.6 Å². The third-order valence-corrected chi connectivity index (χ3v) is 4.02. The van der Waals surface area contributed by atoms with Gasteiger partial charge in [0, 0.05) is 12.1 Å². The second-order valence-electron chi connectivity index (χ2n) is 5.65. The molecule has 0 radical (unpaired) electrons. The number of halogens is 3. The lowest BCUT2D eigenvalue weighted by atomic mass is 10.2. The minimum atomic E-state index is -1.56. The minimum Gasteiger partial charge on any atom is -0.486 e. The molecule has 10 heteroatoms. The average molecular weight is 361 g/mol. The third kappa shape index (κ3) is 2.15. The molecule has 2 aromatic heterocycles. The molecule has 0 fully saturated rings. The highest BCUT2D eigenvalue weighted by Crippen LogP contribution is 2.34. The van der Waals surface area contributed by atoms with Crippen LogP contribution < -0.4 is 14.8 Å². The van der Waals surface area contributed by atoms with E-state index >= 15 is 0 Å². The molecule has 2 aromatic carbocycles. The van der Waals surface area contributed by atoms with Gasteiger partial charge in [-0.15, -0.1) is 0 Å². The largest absolute Gasteiger partial charge is 0.486 e. The Kier molecular flexibility index (Phi) is 3.02.